The van der Waals surface area contributed by atoms with Crippen molar-refractivity contribution in [1.29, 1.82) is 0 Å². The highest BCUT2D eigenvalue weighted by Crippen LogP contribution is 2.31. The Morgan fingerprint density at radius 1 is 1.64 bits per heavy atom. The second kappa shape index (κ2) is 3.81. The number of rotatable bonds is 2. The Kier molecular flexibility index (Phi) is 3.09. The first-order valence-electron chi connectivity index (χ1n) is 4.73. The van der Waals surface area contributed by atoms with Gasteiger partial charge in [-0.2, -0.15) is 0 Å². The SMILES string of the molecule is CN[C@@H](C)C(=O)N1CC(F)(F)C[C@H]1C. The van der Waals surface area contributed by atoms with E-state index in [4.69, 9.17) is 0 Å². The van der Waals surface area contributed by atoms with Crippen LogP contribution in [0.15, 0.2) is 0 Å². The molecule has 1 amide bonds. The highest BCUT2D eigenvalue weighted by molar-refractivity contribution is 5.82. The molecular weight excluding hydrogens is 190 g/mol. The van der Waals surface area contributed by atoms with Crippen molar-refractivity contribution in [2.24, 2.45) is 0 Å². The van der Waals surface area contributed by atoms with E-state index in [1.165, 1.54) is 4.90 Å². The number of amides is 1. The summed E-state index contributed by atoms with van der Waals surface area (Å²) in [6.45, 7) is 2.88. The number of likely N-dealkylation sites (N-methyl/N-ethyl adjacent to an activating group) is 1. The molecule has 14 heavy (non-hydrogen) atoms. The molecule has 0 radical (unpaired) electrons. The van der Waals surface area contributed by atoms with Crippen LogP contribution < -0.4 is 5.32 Å². The molecule has 0 aromatic heterocycles. The van der Waals surface area contributed by atoms with Crippen LogP contribution in [0, 0.1) is 0 Å². The summed E-state index contributed by atoms with van der Waals surface area (Å²) < 4.78 is 25.9. The Morgan fingerprint density at radius 3 is 2.57 bits per heavy atom. The average Bonchev–Trinajstić information content (AvgIpc) is 2.37. The van der Waals surface area contributed by atoms with Gasteiger partial charge in [0.1, 0.15) is 0 Å². The molecule has 0 aromatic carbocycles. The summed E-state index contributed by atoms with van der Waals surface area (Å²) in [6, 6.07) is -0.764. The fourth-order valence-corrected chi connectivity index (χ4v) is 1.68. The van der Waals surface area contributed by atoms with E-state index in [1.807, 2.05) is 0 Å². The maximum atomic E-state index is 13.0. The molecule has 1 saturated heterocycles. The Bertz CT molecular complexity index is 233. The second-order valence-electron chi connectivity index (χ2n) is 3.89. The maximum Gasteiger partial charge on any atom is 0.267 e. The average molecular weight is 206 g/mol. The van der Waals surface area contributed by atoms with Crippen LogP contribution in [0.5, 0.6) is 0 Å². The van der Waals surface area contributed by atoms with Gasteiger partial charge in [-0.15, -0.1) is 0 Å². The lowest BCUT2D eigenvalue weighted by Gasteiger charge is -2.24. The van der Waals surface area contributed by atoms with Crippen LogP contribution in [0.4, 0.5) is 8.78 Å². The fourth-order valence-electron chi connectivity index (χ4n) is 1.68. The zero-order valence-electron chi connectivity index (χ0n) is 8.68. The van der Waals surface area contributed by atoms with Gasteiger partial charge in [0.15, 0.2) is 0 Å². The van der Waals surface area contributed by atoms with Gasteiger partial charge in [0, 0.05) is 12.5 Å². The molecule has 1 aliphatic rings. The largest absolute Gasteiger partial charge is 0.332 e. The van der Waals surface area contributed by atoms with E-state index >= 15 is 0 Å². The number of nitrogens with one attached hydrogen (secondary N) is 1. The molecule has 0 aliphatic carbocycles. The smallest absolute Gasteiger partial charge is 0.267 e. The Labute approximate surface area is 82.5 Å². The molecule has 1 N–H and O–H groups in total. The summed E-state index contributed by atoms with van der Waals surface area (Å²) in [4.78, 5) is 12.9. The first-order chi connectivity index (χ1) is 6.37. The number of halogens is 2. The van der Waals surface area contributed by atoms with Crippen molar-refractivity contribution in [2.45, 2.75) is 38.3 Å². The van der Waals surface area contributed by atoms with Gasteiger partial charge in [0.2, 0.25) is 5.91 Å². The van der Waals surface area contributed by atoms with Crippen LogP contribution in [0.25, 0.3) is 0 Å². The van der Waals surface area contributed by atoms with Crippen molar-refractivity contribution in [1.82, 2.24) is 10.2 Å². The molecule has 0 bridgehead atoms. The number of carbonyl (C=O) groups is 1. The quantitative estimate of drug-likeness (QED) is 0.726. The summed E-state index contributed by atoms with van der Waals surface area (Å²) >= 11 is 0. The van der Waals surface area contributed by atoms with E-state index in [0.29, 0.717) is 0 Å². The number of carbonyl (C=O) groups excluding carboxylic acids is 1. The Hall–Kier alpha value is -0.710. The topological polar surface area (TPSA) is 32.3 Å². The molecule has 0 aromatic rings. The van der Waals surface area contributed by atoms with E-state index in [-0.39, 0.29) is 18.4 Å². The monoisotopic (exact) mass is 206 g/mol. The van der Waals surface area contributed by atoms with Crippen molar-refractivity contribution in [3.63, 3.8) is 0 Å². The molecule has 0 saturated carbocycles. The number of alkyl halides is 2. The predicted molar refractivity (Wildman–Crippen MR) is 49.3 cm³/mol. The van der Waals surface area contributed by atoms with Crippen LogP contribution in [-0.4, -0.2) is 42.4 Å². The summed E-state index contributed by atoms with van der Waals surface area (Å²) in [5.41, 5.74) is 0. The van der Waals surface area contributed by atoms with E-state index in [2.05, 4.69) is 5.32 Å². The molecule has 1 heterocycles. The summed E-state index contributed by atoms with van der Waals surface area (Å²) in [7, 11) is 1.64. The van der Waals surface area contributed by atoms with E-state index < -0.39 is 18.5 Å². The molecule has 0 spiro atoms. The third kappa shape index (κ3) is 2.20. The summed E-state index contributed by atoms with van der Waals surface area (Å²) in [5.74, 6) is -2.97. The molecule has 0 unspecified atom stereocenters. The molecule has 1 aliphatic heterocycles. The first-order valence-corrected chi connectivity index (χ1v) is 4.73. The Balaban J connectivity index is 2.66. The van der Waals surface area contributed by atoms with Crippen molar-refractivity contribution in [3.8, 4) is 0 Å². The highest BCUT2D eigenvalue weighted by Gasteiger charge is 2.45. The van der Waals surface area contributed by atoms with E-state index in [9.17, 15) is 13.6 Å². The second-order valence-corrected chi connectivity index (χ2v) is 3.89. The van der Waals surface area contributed by atoms with Gasteiger partial charge in [-0.25, -0.2) is 8.78 Å². The number of hydrogen-bond acceptors (Lipinski definition) is 2. The molecule has 2 atom stereocenters. The minimum Gasteiger partial charge on any atom is -0.332 e. The van der Waals surface area contributed by atoms with Crippen LogP contribution in [-0.2, 0) is 4.79 Å². The summed E-state index contributed by atoms with van der Waals surface area (Å²) in [6.07, 6.45) is -0.227. The molecular formula is C9H16F2N2O. The summed E-state index contributed by atoms with van der Waals surface area (Å²) in [5, 5.41) is 2.75. The van der Waals surface area contributed by atoms with Crippen molar-refractivity contribution < 1.29 is 13.6 Å². The van der Waals surface area contributed by atoms with Gasteiger partial charge in [-0.1, -0.05) is 0 Å². The van der Waals surface area contributed by atoms with Gasteiger partial charge in [-0.3, -0.25) is 4.79 Å². The lowest BCUT2D eigenvalue weighted by Crippen LogP contribution is -2.45. The number of hydrogen-bond donors (Lipinski definition) is 1. The fraction of sp³-hybridized carbons (Fsp3) is 0.889. The first kappa shape index (κ1) is 11.4. The number of likely N-dealkylation sites (tertiary alicyclic amines) is 1. The number of nitrogens with zero attached hydrogens (tertiary/aromatic N) is 1. The van der Waals surface area contributed by atoms with Gasteiger partial charge >= 0.3 is 0 Å². The molecule has 3 nitrogen and oxygen atoms in total. The minimum atomic E-state index is -2.72. The lowest BCUT2D eigenvalue weighted by atomic mass is 10.2. The van der Waals surface area contributed by atoms with Crippen molar-refractivity contribution in [3.05, 3.63) is 0 Å². The molecule has 1 fully saturated rings. The standard InChI is InChI=1S/C9H16F2N2O/c1-6-4-9(10,11)5-13(6)8(14)7(2)12-3/h6-7,12H,4-5H2,1-3H3/t6-,7+/m1/s1. The van der Waals surface area contributed by atoms with E-state index in [0.717, 1.165) is 0 Å². The lowest BCUT2D eigenvalue weighted by molar-refractivity contribution is -0.134. The third-order valence-electron chi connectivity index (χ3n) is 2.61. The Morgan fingerprint density at radius 2 is 2.21 bits per heavy atom. The van der Waals surface area contributed by atoms with Gasteiger partial charge in [0.05, 0.1) is 12.6 Å². The minimum absolute atomic E-state index is 0.227. The zero-order chi connectivity index (χ0) is 10.9. The van der Waals surface area contributed by atoms with Crippen molar-refractivity contribution in [2.75, 3.05) is 13.6 Å². The van der Waals surface area contributed by atoms with Crippen LogP contribution in [0.3, 0.4) is 0 Å². The van der Waals surface area contributed by atoms with Crippen molar-refractivity contribution >= 4 is 5.91 Å². The van der Waals surface area contributed by atoms with Crippen LogP contribution in [0.1, 0.15) is 20.3 Å². The normalized spacial score (nSPS) is 27.8. The van der Waals surface area contributed by atoms with Gasteiger partial charge in [0.25, 0.3) is 5.92 Å². The highest BCUT2D eigenvalue weighted by atomic mass is 19.3. The zero-order valence-corrected chi connectivity index (χ0v) is 8.68. The predicted octanol–water partition coefficient (Wildman–Crippen LogP) is 0.850. The van der Waals surface area contributed by atoms with Gasteiger partial charge in [-0.05, 0) is 20.9 Å². The molecule has 5 heteroatoms. The van der Waals surface area contributed by atoms with Crippen LogP contribution in [0.2, 0.25) is 0 Å². The van der Waals surface area contributed by atoms with Crippen LogP contribution >= 0.6 is 0 Å². The van der Waals surface area contributed by atoms with Gasteiger partial charge < -0.3 is 10.2 Å². The maximum absolute atomic E-state index is 13.0. The molecule has 1 rings (SSSR count). The molecule has 82 valence electrons. The van der Waals surface area contributed by atoms with E-state index in [1.54, 1.807) is 20.9 Å². The third-order valence-corrected chi connectivity index (χ3v) is 2.61.